The van der Waals surface area contributed by atoms with Gasteiger partial charge in [-0.25, -0.2) is 4.98 Å². The van der Waals surface area contributed by atoms with E-state index >= 15 is 0 Å². The zero-order valence-electron chi connectivity index (χ0n) is 15.5. The molecular weight excluding hydrogens is 346 g/mol. The van der Waals surface area contributed by atoms with E-state index in [1.54, 1.807) is 34.2 Å². The van der Waals surface area contributed by atoms with Crippen LogP contribution >= 0.6 is 11.8 Å². The number of hydrogen-bond donors (Lipinski definition) is 0. The Morgan fingerprint density at radius 2 is 2.08 bits per heavy atom. The van der Waals surface area contributed by atoms with Gasteiger partial charge in [0, 0.05) is 36.3 Å². The van der Waals surface area contributed by atoms with Gasteiger partial charge in [0.05, 0.1) is 11.3 Å². The lowest BCUT2D eigenvalue weighted by molar-refractivity contribution is 0.0794. The van der Waals surface area contributed by atoms with Crippen LogP contribution in [0.15, 0.2) is 46.5 Å². The molecule has 2 heterocycles. The van der Waals surface area contributed by atoms with E-state index in [1.807, 2.05) is 40.0 Å². The second-order valence-electron chi connectivity index (χ2n) is 6.64. The van der Waals surface area contributed by atoms with Gasteiger partial charge in [-0.2, -0.15) is 0 Å². The molecule has 3 rings (SSSR count). The number of benzene rings is 1. The van der Waals surface area contributed by atoms with Crippen molar-refractivity contribution < 1.29 is 9.59 Å². The summed E-state index contributed by atoms with van der Waals surface area (Å²) in [4.78, 5) is 34.5. The van der Waals surface area contributed by atoms with Crippen LogP contribution in [0.4, 0.5) is 5.69 Å². The summed E-state index contributed by atoms with van der Waals surface area (Å²) in [5.74, 6) is -0.0697. The minimum atomic E-state index is -0.0588. The number of rotatable bonds is 4. The third-order valence-corrected chi connectivity index (χ3v) is 5.38. The third kappa shape index (κ3) is 3.33. The van der Waals surface area contributed by atoms with Crippen LogP contribution in [-0.2, 0) is 0 Å². The van der Waals surface area contributed by atoms with E-state index in [0.29, 0.717) is 22.7 Å². The molecule has 1 aromatic heterocycles. The van der Waals surface area contributed by atoms with Gasteiger partial charge in [0.15, 0.2) is 0 Å². The Kier molecular flexibility index (Phi) is 5.32. The van der Waals surface area contributed by atoms with Gasteiger partial charge in [-0.1, -0.05) is 18.7 Å². The topological polar surface area (TPSA) is 53.5 Å². The van der Waals surface area contributed by atoms with Gasteiger partial charge in [0.2, 0.25) is 0 Å². The third-order valence-electron chi connectivity index (χ3n) is 4.32. The molecule has 6 heteroatoms. The van der Waals surface area contributed by atoms with Crippen molar-refractivity contribution in [3.8, 4) is 0 Å². The lowest BCUT2D eigenvalue weighted by atomic mass is 10.1. The molecule has 0 spiro atoms. The van der Waals surface area contributed by atoms with Crippen LogP contribution in [0.1, 0.15) is 47.9 Å². The highest BCUT2D eigenvalue weighted by molar-refractivity contribution is 7.99. The van der Waals surface area contributed by atoms with Crippen LogP contribution in [0.5, 0.6) is 0 Å². The van der Waals surface area contributed by atoms with Crippen molar-refractivity contribution in [2.45, 2.75) is 43.2 Å². The lowest BCUT2D eigenvalue weighted by Crippen LogP contribution is -2.37. The summed E-state index contributed by atoms with van der Waals surface area (Å²) in [7, 11) is 1.81. The van der Waals surface area contributed by atoms with E-state index in [0.717, 1.165) is 17.0 Å². The molecule has 2 aromatic rings. The number of amides is 2. The lowest BCUT2D eigenvalue weighted by Gasteiger charge is -2.27. The van der Waals surface area contributed by atoms with Crippen LogP contribution in [0, 0.1) is 0 Å². The van der Waals surface area contributed by atoms with E-state index < -0.39 is 0 Å². The average molecular weight is 369 g/mol. The average Bonchev–Trinajstić information content (AvgIpc) is 2.74. The quantitative estimate of drug-likeness (QED) is 0.815. The first-order valence-electron chi connectivity index (χ1n) is 8.80. The zero-order valence-corrected chi connectivity index (χ0v) is 16.3. The van der Waals surface area contributed by atoms with Crippen molar-refractivity contribution in [2.75, 3.05) is 18.5 Å². The molecule has 1 aliphatic rings. The Morgan fingerprint density at radius 1 is 1.31 bits per heavy atom. The predicted octanol–water partition coefficient (Wildman–Crippen LogP) is 4.08. The van der Waals surface area contributed by atoms with Crippen molar-refractivity contribution in [1.82, 2.24) is 9.88 Å². The van der Waals surface area contributed by atoms with Crippen LogP contribution < -0.4 is 4.90 Å². The van der Waals surface area contributed by atoms with Crippen molar-refractivity contribution in [3.63, 3.8) is 0 Å². The minimum absolute atomic E-state index is 0.00248. The fourth-order valence-corrected chi connectivity index (χ4v) is 4.12. The van der Waals surface area contributed by atoms with Crippen molar-refractivity contribution >= 4 is 29.3 Å². The van der Waals surface area contributed by atoms with Crippen LogP contribution in [-0.4, -0.2) is 41.3 Å². The number of carbonyl (C=O) groups is 2. The maximum absolute atomic E-state index is 13.1. The van der Waals surface area contributed by atoms with E-state index in [1.165, 1.54) is 11.8 Å². The normalized spacial score (nSPS) is 13.3. The standard InChI is InChI=1S/C20H23N3O2S/c1-5-11-22(4)19(24)14-8-9-16-17(12-14)26-18-15(7-6-10-21-18)20(25)23(16)13(2)3/h6-10,12-13H,5,11H2,1-4H3. The summed E-state index contributed by atoms with van der Waals surface area (Å²) < 4.78 is 0. The van der Waals surface area contributed by atoms with E-state index in [2.05, 4.69) is 4.98 Å². The van der Waals surface area contributed by atoms with E-state index in [-0.39, 0.29) is 17.9 Å². The molecule has 1 aromatic carbocycles. The summed E-state index contributed by atoms with van der Waals surface area (Å²) in [5, 5.41) is 0.674. The van der Waals surface area contributed by atoms with Gasteiger partial charge in [0.25, 0.3) is 11.8 Å². The summed E-state index contributed by atoms with van der Waals surface area (Å²) in [6, 6.07) is 9.14. The first-order chi connectivity index (χ1) is 12.4. The molecular formula is C20H23N3O2S. The van der Waals surface area contributed by atoms with Gasteiger partial charge in [-0.3, -0.25) is 9.59 Å². The first-order valence-corrected chi connectivity index (χ1v) is 9.61. The molecule has 0 unspecified atom stereocenters. The molecule has 1 aliphatic heterocycles. The number of fused-ring (bicyclic) bond motifs is 2. The number of anilines is 1. The Morgan fingerprint density at radius 3 is 2.77 bits per heavy atom. The van der Waals surface area contributed by atoms with Gasteiger partial charge in [0.1, 0.15) is 5.03 Å². The Bertz CT molecular complexity index is 851. The molecule has 0 fully saturated rings. The number of carbonyl (C=O) groups excluding carboxylic acids is 2. The molecule has 0 radical (unpaired) electrons. The summed E-state index contributed by atoms with van der Waals surface area (Å²) in [5.41, 5.74) is 2.05. The molecule has 0 N–H and O–H groups in total. The number of nitrogens with zero attached hydrogens (tertiary/aromatic N) is 3. The predicted molar refractivity (Wildman–Crippen MR) is 104 cm³/mol. The number of pyridine rings is 1. The molecule has 0 bridgehead atoms. The maximum atomic E-state index is 13.1. The highest BCUT2D eigenvalue weighted by Crippen LogP contribution is 2.41. The Balaban J connectivity index is 2.09. The molecule has 0 aliphatic carbocycles. The second kappa shape index (κ2) is 7.50. The van der Waals surface area contributed by atoms with Gasteiger partial charge in [-0.15, -0.1) is 0 Å². The Labute approximate surface area is 158 Å². The summed E-state index contributed by atoms with van der Waals surface area (Å²) >= 11 is 1.44. The van der Waals surface area contributed by atoms with Crippen LogP contribution in [0.2, 0.25) is 0 Å². The smallest absolute Gasteiger partial charge is 0.261 e. The van der Waals surface area contributed by atoms with Gasteiger partial charge in [-0.05, 0) is 50.6 Å². The van der Waals surface area contributed by atoms with Crippen LogP contribution in [0.3, 0.4) is 0 Å². The van der Waals surface area contributed by atoms with E-state index in [9.17, 15) is 9.59 Å². The molecule has 0 atom stereocenters. The Hall–Kier alpha value is -2.34. The fraction of sp³-hybridized carbons (Fsp3) is 0.350. The number of aromatic nitrogens is 1. The van der Waals surface area contributed by atoms with Crippen molar-refractivity contribution in [2.24, 2.45) is 0 Å². The fourth-order valence-electron chi connectivity index (χ4n) is 3.08. The van der Waals surface area contributed by atoms with Crippen LogP contribution in [0.25, 0.3) is 0 Å². The molecule has 0 saturated heterocycles. The zero-order chi connectivity index (χ0) is 18.8. The SMILES string of the molecule is CCCN(C)C(=O)c1ccc2c(c1)Sc1ncccc1C(=O)N2C(C)C. The van der Waals surface area contributed by atoms with Crippen molar-refractivity contribution in [1.29, 1.82) is 0 Å². The minimum Gasteiger partial charge on any atom is -0.342 e. The summed E-state index contributed by atoms with van der Waals surface area (Å²) in [6.45, 7) is 6.74. The largest absolute Gasteiger partial charge is 0.342 e. The van der Waals surface area contributed by atoms with Gasteiger partial charge >= 0.3 is 0 Å². The second-order valence-corrected chi connectivity index (χ2v) is 7.67. The molecule has 5 nitrogen and oxygen atoms in total. The molecule has 26 heavy (non-hydrogen) atoms. The molecule has 2 amide bonds. The highest BCUT2D eigenvalue weighted by Gasteiger charge is 2.30. The van der Waals surface area contributed by atoms with Crippen molar-refractivity contribution in [3.05, 3.63) is 47.7 Å². The van der Waals surface area contributed by atoms with Gasteiger partial charge < -0.3 is 9.80 Å². The highest BCUT2D eigenvalue weighted by atomic mass is 32.2. The number of hydrogen-bond acceptors (Lipinski definition) is 4. The first kappa shape index (κ1) is 18.5. The monoisotopic (exact) mass is 369 g/mol. The summed E-state index contributed by atoms with van der Waals surface area (Å²) in [6.07, 6.45) is 2.60. The van der Waals surface area contributed by atoms with E-state index in [4.69, 9.17) is 0 Å². The molecule has 136 valence electrons. The maximum Gasteiger partial charge on any atom is 0.261 e. The molecule has 0 saturated carbocycles.